The number of nitrogens with one attached hydrogen (secondary N) is 1. The van der Waals surface area contributed by atoms with Gasteiger partial charge in [0, 0.05) is 12.2 Å². The number of nitrogens with zero attached hydrogens (tertiary/aromatic N) is 2. The lowest BCUT2D eigenvalue weighted by Gasteiger charge is -2.07. The number of ether oxygens (including phenoxy) is 1. The van der Waals surface area contributed by atoms with Crippen molar-refractivity contribution in [3.63, 3.8) is 0 Å². The minimum atomic E-state index is 0.465. The van der Waals surface area contributed by atoms with E-state index >= 15 is 0 Å². The standard InChI is InChI=1S/C16H21N3O/c1-3-9-17-10-14-5-4-6-15(19-14)12-20-16-8-7-13(2)18-11-16/h4-8,11,17H,3,9-10,12H2,1-2H3. The number of aryl methyl sites for hydroxylation is 1. The van der Waals surface area contributed by atoms with Crippen molar-refractivity contribution in [3.05, 3.63) is 53.6 Å². The van der Waals surface area contributed by atoms with Crippen molar-refractivity contribution in [2.45, 2.75) is 33.4 Å². The Balaban J connectivity index is 1.89. The Hall–Kier alpha value is -1.94. The molecule has 0 amide bonds. The van der Waals surface area contributed by atoms with Gasteiger partial charge in [-0.3, -0.25) is 9.97 Å². The fourth-order valence-corrected chi connectivity index (χ4v) is 1.80. The van der Waals surface area contributed by atoms with Gasteiger partial charge in [-0.2, -0.15) is 0 Å². The summed E-state index contributed by atoms with van der Waals surface area (Å²) >= 11 is 0. The SMILES string of the molecule is CCCNCc1cccc(COc2ccc(C)nc2)n1. The fourth-order valence-electron chi connectivity index (χ4n) is 1.80. The van der Waals surface area contributed by atoms with E-state index in [0.29, 0.717) is 6.61 Å². The molecule has 0 fully saturated rings. The minimum absolute atomic E-state index is 0.465. The second kappa shape index (κ2) is 7.60. The molecule has 0 aliphatic rings. The molecule has 0 aliphatic carbocycles. The maximum Gasteiger partial charge on any atom is 0.138 e. The third-order valence-corrected chi connectivity index (χ3v) is 2.87. The predicted octanol–water partition coefficient (Wildman–Crippen LogP) is 2.86. The first kappa shape index (κ1) is 14.5. The highest BCUT2D eigenvalue weighted by molar-refractivity contribution is 5.20. The van der Waals surface area contributed by atoms with Crippen molar-refractivity contribution in [2.24, 2.45) is 0 Å². The first-order valence-corrected chi connectivity index (χ1v) is 6.99. The molecule has 2 rings (SSSR count). The molecule has 0 unspecified atom stereocenters. The van der Waals surface area contributed by atoms with E-state index in [1.165, 1.54) is 0 Å². The monoisotopic (exact) mass is 271 g/mol. The summed E-state index contributed by atoms with van der Waals surface area (Å²) in [5.74, 6) is 0.770. The van der Waals surface area contributed by atoms with E-state index in [4.69, 9.17) is 4.74 Å². The highest BCUT2D eigenvalue weighted by Crippen LogP contribution is 2.11. The second-order valence-corrected chi connectivity index (χ2v) is 4.72. The van der Waals surface area contributed by atoms with Crippen LogP contribution < -0.4 is 10.1 Å². The number of pyridine rings is 2. The predicted molar refractivity (Wildman–Crippen MR) is 79.5 cm³/mol. The van der Waals surface area contributed by atoms with Gasteiger partial charge in [0.1, 0.15) is 12.4 Å². The molecule has 0 spiro atoms. The van der Waals surface area contributed by atoms with Gasteiger partial charge in [0.25, 0.3) is 0 Å². The zero-order valence-corrected chi connectivity index (χ0v) is 12.1. The largest absolute Gasteiger partial charge is 0.486 e. The quantitative estimate of drug-likeness (QED) is 0.787. The second-order valence-electron chi connectivity index (χ2n) is 4.72. The minimum Gasteiger partial charge on any atom is -0.486 e. The van der Waals surface area contributed by atoms with Gasteiger partial charge in [0.2, 0.25) is 0 Å². The van der Waals surface area contributed by atoms with E-state index in [1.807, 2.05) is 37.3 Å². The third kappa shape index (κ3) is 4.63. The summed E-state index contributed by atoms with van der Waals surface area (Å²) in [6.07, 6.45) is 2.87. The lowest BCUT2D eigenvalue weighted by atomic mass is 10.3. The summed E-state index contributed by atoms with van der Waals surface area (Å²) < 4.78 is 5.68. The number of rotatable bonds is 7. The average Bonchev–Trinajstić information content (AvgIpc) is 2.47. The van der Waals surface area contributed by atoms with E-state index in [-0.39, 0.29) is 0 Å². The molecule has 20 heavy (non-hydrogen) atoms. The molecule has 0 bridgehead atoms. The van der Waals surface area contributed by atoms with Crippen molar-refractivity contribution in [2.75, 3.05) is 6.54 Å². The van der Waals surface area contributed by atoms with Crippen molar-refractivity contribution >= 4 is 0 Å². The van der Waals surface area contributed by atoms with Gasteiger partial charge in [-0.1, -0.05) is 13.0 Å². The van der Waals surface area contributed by atoms with Crippen molar-refractivity contribution < 1.29 is 4.74 Å². The Bertz CT molecular complexity index is 526. The molecule has 1 N–H and O–H groups in total. The Morgan fingerprint density at radius 2 is 2.00 bits per heavy atom. The van der Waals surface area contributed by atoms with E-state index in [2.05, 4.69) is 22.2 Å². The summed E-state index contributed by atoms with van der Waals surface area (Å²) in [4.78, 5) is 8.77. The zero-order chi connectivity index (χ0) is 14.2. The van der Waals surface area contributed by atoms with Gasteiger partial charge in [0.15, 0.2) is 0 Å². The van der Waals surface area contributed by atoms with Crippen LogP contribution in [0.4, 0.5) is 0 Å². The molecule has 4 heteroatoms. The van der Waals surface area contributed by atoms with E-state index in [0.717, 1.165) is 42.3 Å². The van der Waals surface area contributed by atoms with E-state index in [9.17, 15) is 0 Å². The average molecular weight is 271 g/mol. The van der Waals surface area contributed by atoms with Gasteiger partial charge in [-0.05, 0) is 44.2 Å². The van der Waals surface area contributed by atoms with Crippen LogP contribution >= 0.6 is 0 Å². The highest BCUT2D eigenvalue weighted by Gasteiger charge is 2.00. The van der Waals surface area contributed by atoms with Crippen LogP contribution in [0.25, 0.3) is 0 Å². The Morgan fingerprint density at radius 1 is 1.15 bits per heavy atom. The molecule has 0 atom stereocenters. The Labute approximate surface area is 120 Å². The smallest absolute Gasteiger partial charge is 0.138 e. The zero-order valence-electron chi connectivity index (χ0n) is 12.1. The highest BCUT2D eigenvalue weighted by atomic mass is 16.5. The topological polar surface area (TPSA) is 47.0 Å². The van der Waals surface area contributed by atoms with Crippen molar-refractivity contribution in [1.29, 1.82) is 0 Å². The first-order chi connectivity index (χ1) is 9.78. The van der Waals surface area contributed by atoms with Gasteiger partial charge >= 0.3 is 0 Å². The van der Waals surface area contributed by atoms with Crippen LogP contribution in [0.2, 0.25) is 0 Å². The molecule has 0 saturated heterocycles. The van der Waals surface area contributed by atoms with E-state index < -0.39 is 0 Å². The molecule has 0 aromatic carbocycles. The molecule has 4 nitrogen and oxygen atoms in total. The summed E-state index contributed by atoms with van der Waals surface area (Å²) in [5, 5.41) is 3.35. The van der Waals surface area contributed by atoms with Crippen LogP contribution in [0.5, 0.6) is 5.75 Å². The van der Waals surface area contributed by atoms with Crippen LogP contribution in [0.1, 0.15) is 30.4 Å². The maximum absolute atomic E-state index is 5.68. The molecule has 0 aliphatic heterocycles. The van der Waals surface area contributed by atoms with E-state index in [1.54, 1.807) is 6.20 Å². The normalized spacial score (nSPS) is 10.5. The molecule has 0 radical (unpaired) electrons. The summed E-state index contributed by atoms with van der Waals surface area (Å²) in [6, 6.07) is 9.88. The van der Waals surface area contributed by atoms with Crippen LogP contribution in [0, 0.1) is 6.92 Å². The number of hydrogen-bond acceptors (Lipinski definition) is 4. The van der Waals surface area contributed by atoms with Gasteiger partial charge in [0.05, 0.1) is 17.6 Å². The maximum atomic E-state index is 5.68. The number of hydrogen-bond donors (Lipinski definition) is 1. The summed E-state index contributed by atoms with van der Waals surface area (Å²) in [6.45, 7) is 6.38. The van der Waals surface area contributed by atoms with Gasteiger partial charge in [-0.25, -0.2) is 0 Å². The van der Waals surface area contributed by atoms with Gasteiger partial charge < -0.3 is 10.1 Å². The van der Waals surface area contributed by atoms with Crippen molar-refractivity contribution in [1.82, 2.24) is 15.3 Å². The molecule has 2 heterocycles. The Morgan fingerprint density at radius 3 is 2.75 bits per heavy atom. The van der Waals surface area contributed by atoms with Crippen LogP contribution in [-0.4, -0.2) is 16.5 Å². The summed E-state index contributed by atoms with van der Waals surface area (Å²) in [5.41, 5.74) is 2.96. The van der Waals surface area contributed by atoms with Crippen LogP contribution in [0.15, 0.2) is 36.5 Å². The van der Waals surface area contributed by atoms with Crippen molar-refractivity contribution in [3.8, 4) is 5.75 Å². The molecule has 2 aromatic rings. The Kier molecular flexibility index (Phi) is 5.50. The van der Waals surface area contributed by atoms with Crippen LogP contribution in [-0.2, 0) is 13.2 Å². The molecule has 2 aromatic heterocycles. The lowest BCUT2D eigenvalue weighted by Crippen LogP contribution is -2.15. The third-order valence-electron chi connectivity index (χ3n) is 2.87. The van der Waals surface area contributed by atoms with Gasteiger partial charge in [-0.15, -0.1) is 0 Å². The first-order valence-electron chi connectivity index (χ1n) is 6.99. The fraction of sp³-hybridized carbons (Fsp3) is 0.375. The molecular weight excluding hydrogens is 250 g/mol. The molecule has 106 valence electrons. The van der Waals surface area contributed by atoms with Crippen LogP contribution in [0.3, 0.4) is 0 Å². The molecular formula is C16H21N3O. The number of aromatic nitrogens is 2. The summed E-state index contributed by atoms with van der Waals surface area (Å²) in [7, 11) is 0. The lowest BCUT2D eigenvalue weighted by molar-refractivity contribution is 0.299. The molecule has 0 saturated carbocycles.